The highest BCUT2D eigenvalue weighted by Gasteiger charge is 2.38. The van der Waals surface area contributed by atoms with E-state index in [1.165, 1.54) is 12.1 Å². The number of hydrogen-bond donors (Lipinski definition) is 0. The van der Waals surface area contributed by atoms with Crippen LogP contribution in [0.25, 0.3) is 0 Å². The van der Waals surface area contributed by atoms with Crippen molar-refractivity contribution in [2.24, 2.45) is 5.41 Å². The van der Waals surface area contributed by atoms with Gasteiger partial charge in [-0.2, -0.15) is 5.26 Å². The maximum atomic E-state index is 13.2. The molecule has 0 bridgehead atoms. The van der Waals surface area contributed by atoms with Crippen molar-refractivity contribution in [1.29, 1.82) is 5.26 Å². The van der Waals surface area contributed by atoms with Crippen LogP contribution < -0.4 is 4.74 Å². The number of likely N-dealkylation sites (tertiary alicyclic amines) is 1. The maximum Gasteiger partial charge on any atom is 0.214 e. The van der Waals surface area contributed by atoms with Crippen molar-refractivity contribution >= 4 is 0 Å². The molecule has 0 saturated carbocycles. The zero-order valence-corrected chi connectivity index (χ0v) is 17.2. The predicted octanol–water partition coefficient (Wildman–Crippen LogP) is 3.96. The predicted molar refractivity (Wildman–Crippen MR) is 109 cm³/mol. The van der Waals surface area contributed by atoms with E-state index >= 15 is 0 Å². The summed E-state index contributed by atoms with van der Waals surface area (Å²) in [6.45, 7) is 5.97. The number of hydrogen-bond acceptors (Lipinski definition) is 5. The summed E-state index contributed by atoms with van der Waals surface area (Å²) < 4.78 is 24.1. The largest absolute Gasteiger partial charge is 0.481 e. The highest BCUT2D eigenvalue weighted by atomic mass is 19.1. The van der Waals surface area contributed by atoms with Gasteiger partial charge in [-0.25, -0.2) is 9.37 Å². The Morgan fingerprint density at radius 2 is 2.10 bits per heavy atom. The van der Waals surface area contributed by atoms with Gasteiger partial charge in [0.15, 0.2) is 0 Å². The highest BCUT2D eigenvalue weighted by Crippen LogP contribution is 2.36. The number of methoxy groups -OCH3 is 1. The van der Waals surface area contributed by atoms with E-state index in [0.717, 1.165) is 43.5 Å². The van der Waals surface area contributed by atoms with Crippen LogP contribution in [0.5, 0.6) is 5.88 Å². The van der Waals surface area contributed by atoms with Crippen LogP contribution in [0, 0.1) is 22.6 Å². The van der Waals surface area contributed by atoms with Crippen molar-refractivity contribution < 1.29 is 13.9 Å². The number of halogens is 1. The van der Waals surface area contributed by atoms with Gasteiger partial charge in [0, 0.05) is 42.9 Å². The van der Waals surface area contributed by atoms with Crippen LogP contribution >= 0.6 is 0 Å². The summed E-state index contributed by atoms with van der Waals surface area (Å²) in [5, 5.41) is 9.46. The third-order valence-electron chi connectivity index (χ3n) is 5.67. The Balaban J connectivity index is 1.67. The summed E-state index contributed by atoms with van der Waals surface area (Å²) in [6, 6.07) is 10.7. The molecule has 3 rings (SSSR count). The van der Waals surface area contributed by atoms with Crippen LogP contribution in [-0.2, 0) is 17.7 Å². The molecule has 1 atom stereocenters. The van der Waals surface area contributed by atoms with Gasteiger partial charge in [0.2, 0.25) is 5.88 Å². The van der Waals surface area contributed by atoms with Crippen molar-refractivity contribution in [2.75, 3.05) is 33.4 Å². The van der Waals surface area contributed by atoms with Gasteiger partial charge < -0.3 is 9.47 Å². The smallest absolute Gasteiger partial charge is 0.214 e. The quantitative estimate of drug-likeness (QED) is 0.641. The number of ether oxygens (including phenoxy) is 2. The van der Waals surface area contributed by atoms with Crippen molar-refractivity contribution in [3.05, 3.63) is 59.0 Å². The molecule has 0 spiro atoms. The molecule has 154 valence electrons. The van der Waals surface area contributed by atoms with Gasteiger partial charge in [-0.15, -0.1) is 0 Å². The lowest BCUT2D eigenvalue weighted by Gasteiger charge is -2.29. The fraction of sp³-hybridized carbons (Fsp3) is 0.478. The first-order chi connectivity index (χ1) is 14.1. The van der Waals surface area contributed by atoms with E-state index in [1.54, 1.807) is 19.4 Å². The minimum atomic E-state index is -0.203. The molecule has 1 aliphatic heterocycles. The molecule has 1 saturated heterocycles. The Labute approximate surface area is 172 Å². The Kier molecular flexibility index (Phi) is 7.18. The van der Waals surface area contributed by atoms with E-state index in [9.17, 15) is 9.65 Å². The van der Waals surface area contributed by atoms with E-state index in [0.29, 0.717) is 31.2 Å². The summed E-state index contributed by atoms with van der Waals surface area (Å²) in [5.74, 6) is 0.253. The molecule has 1 aromatic heterocycles. The van der Waals surface area contributed by atoms with Crippen molar-refractivity contribution in [3.8, 4) is 11.9 Å². The van der Waals surface area contributed by atoms with E-state index in [2.05, 4.69) is 16.0 Å². The number of aryl methyl sites for hydroxylation is 1. The number of rotatable bonds is 9. The molecule has 5 nitrogen and oxygen atoms in total. The summed E-state index contributed by atoms with van der Waals surface area (Å²) in [6.07, 6.45) is 4.66. The van der Waals surface area contributed by atoms with Gasteiger partial charge in [0.25, 0.3) is 0 Å². The molecular formula is C23H28FN3O2. The molecule has 0 radical (unpaired) electrons. The Morgan fingerprint density at radius 3 is 2.79 bits per heavy atom. The van der Waals surface area contributed by atoms with Gasteiger partial charge in [0.1, 0.15) is 5.82 Å². The second-order valence-electron chi connectivity index (χ2n) is 7.72. The molecule has 0 aliphatic carbocycles. The minimum absolute atomic E-state index is 0.0666. The van der Waals surface area contributed by atoms with Crippen LogP contribution in [0.15, 0.2) is 36.5 Å². The van der Waals surface area contributed by atoms with E-state index in [1.807, 2.05) is 19.1 Å². The molecule has 1 fully saturated rings. The monoisotopic (exact) mass is 397 g/mol. The molecule has 6 heteroatoms. The molecule has 1 aromatic carbocycles. The zero-order valence-electron chi connectivity index (χ0n) is 17.2. The third kappa shape index (κ3) is 5.53. The highest BCUT2D eigenvalue weighted by molar-refractivity contribution is 5.39. The van der Waals surface area contributed by atoms with Gasteiger partial charge >= 0.3 is 0 Å². The molecule has 0 amide bonds. The lowest BCUT2D eigenvalue weighted by molar-refractivity contribution is 0.0489. The number of benzene rings is 1. The molecule has 2 aromatic rings. The second-order valence-corrected chi connectivity index (χ2v) is 7.72. The van der Waals surface area contributed by atoms with Gasteiger partial charge in [-0.1, -0.05) is 12.1 Å². The van der Waals surface area contributed by atoms with Gasteiger partial charge in [-0.3, -0.25) is 4.90 Å². The van der Waals surface area contributed by atoms with Gasteiger partial charge in [-0.05, 0) is 50.4 Å². The first-order valence-corrected chi connectivity index (χ1v) is 10.0. The van der Waals surface area contributed by atoms with Gasteiger partial charge in [0.05, 0.1) is 25.3 Å². The van der Waals surface area contributed by atoms with Crippen molar-refractivity contribution in [2.45, 2.75) is 32.7 Å². The standard InChI is InChI=1S/C23H28FN3O2/c1-3-29-17-23(9-8-18-4-6-21(24)7-5-18)10-11-27(16-23)15-20-14-26-22(28-2)12-19(20)13-25/h4-7,12,14H,3,8-11,15-17H2,1-2H3. The number of nitriles is 1. The summed E-state index contributed by atoms with van der Waals surface area (Å²) in [4.78, 5) is 6.63. The van der Waals surface area contributed by atoms with Crippen LogP contribution in [0.4, 0.5) is 4.39 Å². The van der Waals surface area contributed by atoms with E-state index in [-0.39, 0.29) is 11.2 Å². The van der Waals surface area contributed by atoms with E-state index in [4.69, 9.17) is 9.47 Å². The first-order valence-electron chi connectivity index (χ1n) is 10.0. The lowest BCUT2D eigenvalue weighted by atomic mass is 9.82. The molecule has 1 unspecified atom stereocenters. The topological polar surface area (TPSA) is 58.4 Å². The van der Waals surface area contributed by atoms with Crippen molar-refractivity contribution in [1.82, 2.24) is 9.88 Å². The minimum Gasteiger partial charge on any atom is -0.481 e. The Hall–Kier alpha value is -2.49. The average Bonchev–Trinajstić information content (AvgIpc) is 3.15. The summed E-state index contributed by atoms with van der Waals surface area (Å²) in [7, 11) is 1.55. The number of pyridine rings is 1. The average molecular weight is 397 g/mol. The molecule has 29 heavy (non-hydrogen) atoms. The van der Waals surface area contributed by atoms with E-state index < -0.39 is 0 Å². The maximum absolute atomic E-state index is 13.2. The lowest BCUT2D eigenvalue weighted by Crippen LogP contribution is -2.32. The zero-order chi connectivity index (χ0) is 20.7. The SMILES string of the molecule is CCOCC1(CCc2ccc(F)cc2)CCN(Cc2cnc(OC)cc2C#N)C1. The molecule has 1 aliphatic rings. The third-order valence-corrected chi connectivity index (χ3v) is 5.67. The molecule has 0 N–H and O–H groups in total. The summed E-state index contributed by atoms with van der Waals surface area (Å²) >= 11 is 0. The van der Waals surface area contributed by atoms with Crippen LogP contribution in [0.2, 0.25) is 0 Å². The van der Waals surface area contributed by atoms with Crippen molar-refractivity contribution in [3.63, 3.8) is 0 Å². The van der Waals surface area contributed by atoms with Crippen LogP contribution in [-0.4, -0.2) is 43.3 Å². The molecule has 2 heterocycles. The first kappa shape index (κ1) is 21.2. The fourth-order valence-electron chi connectivity index (χ4n) is 3.98. The normalized spacial score (nSPS) is 19.2. The fourth-order valence-corrected chi connectivity index (χ4v) is 3.98. The van der Waals surface area contributed by atoms with Crippen LogP contribution in [0.1, 0.15) is 36.5 Å². The number of nitrogens with zero attached hydrogens (tertiary/aromatic N) is 3. The number of aromatic nitrogens is 1. The second kappa shape index (κ2) is 9.82. The molecular weight excluding hydrogens is 369 g/mol. The summed E-state index contributed by atoms with van der Waals surface area (Å²) in [5.41, 5.74) is 2.73. The Bertz CT molecular complexity index is 850. The van der Waals surface area contributed by atoms with Crippen LogP contribution in [0.3, 0.4) is 0 Å². The Morgan fingerprint density at radius 1 is 1.31 bits per heavy atom.